The van der Waals surface area contributed by atoms with E-state index in [2.05, 4.69) is 11.6 Å². The van der Waals surface area contributed by atoms with Crippen molar-refractivity contribution in [1.82, 2.24) is 4.98 Å². The Balaban J connectivity index is 2.99. The molecule has 0 radical (unpaired) electrons. The predicted molar refractivity (Wildman–Crippen MR) is 69.4 cm³/mol. The molecule has 0 bridgehead atoms. The molecule has 0 amide bonds. The van der Waals surface area contributed by atoms with Gasteiger partial charge in [-0.15, -0.1) is 0 Å². The molecular weight excluding hydrogens is 254 g/mol. The number of esters is 1. The van der Waals surface area contributed by atoms with Crippen LogP contribution in [0.3, 0.4) is 0 Å². The van der Waals surface area contributed by atoms with Crippen LogP contribution in [0.4, 0.5) is 0 Å². The molecule has 0 saturated carbocycles. The average Bonchev–Trinajstić information content (AvgIpc) is 2.38. The van der Waals surface area contributed by atoms with Gasteiger partial charge in [-0.1, -0.05) is 25.1 Å². The van der Waals surface area contributed by atoms with E-state index < -0.39 is 12.1 Å². The number of aliphatic hydroxyl groups is 1. The summed E-state index contributed by atoms with van der Waals surface area (Å²) in [5.41, 5.74) is 1.24. The Morgan fingerprint density at radius 1 is 1.61 bits per heavy atom. The number of ether oxygens (including phenoxy) is 1. The molecule has 5 heteroatoms. The smallest absolute Gasteiger partial charge is 0.336 e. The molecule has 1 unspecified atom stereocenters. The first-order valence-electron chi connectivity index (χ1n) is 5.69. The van der Waals surface area contributed by atoms with Gasteiger partial charge in [-0.25, -0.2) is 9.78 Å². The molecule has 0 aliphatic carbocycles. The fourth-order valence-corrected chi connectivity index (χ4v) is 1.63. The van der Waals surface area contributed by atoms with Crippen LogP contribution in [0.1, 0.15) is 31.1 Å². The number of rotatable bonds is 5. The maximum atomic E-state index is 11.5. The summed E-state index contributed by atoms with van der Waals surface area (Å²) in [4.78, 5) is 15.4. The van der Waals surface area contributed by atoms with E-state index in [9.17, 15) is 9.90 Å². The highest BCUT2D eigenvalue weighted by Gasteiger charge is 2.22. The van der Waals surface area contributed by atoms with Gasteiger partial charge in [0.05, 0.1) is 12.2 Å². The molecule has 0 aliphatic heterocycles. The normalized spacial score (nSPS) is 12.0. The van der Waals surface area contributed by atoms with Crippen molar-refractivity contribution in [3.63, 3.8) is 0 Å². The fourth-order valence-electron chi connectivity index (χ4n) is 1.42. The summed E-state index contributed by atoms with van der Waals surface area (Å²) in [6.07, 6.45) is 1.19. The third-order valence-corrected chi connectivity index (χ3v) is 2.81. The SMILES string of the molecule is C=C(C(=O)OCC)C(O)c1cc(CC)cnc1Cl. The lowest BCUT2D eigenvalue weighted by molar-refractivity contribution is -0.139. The third-order valence-electron chi connectivity index (χ3n) is 2.49. The first kappa shape index (κ1) is 14.7. The third kappa shape index (κ3) is 3.31. The molecular formula is C13H16ClNO3. The van der Waals surface area contributed by atoms with Crippen LogP contribution in [0.5, 0.6) is 0 Å². The zero-order chi connectivity index (χ0) is 13.7. The van der Waals surface area contributed by atoms with Crippen molar-refractivity contribution in [3.8, 4) is 0 Å². The topological polar surface area (TPSA) is 59.4 Å². The van der Waals surface area contributed by atoms with Gasteiger partial charge in [-0.3, -0.25) is 0 Å². The number of halogens is 1. The Hall–Kier alpha value is -1.39. The molecule has 1 rings (SSSR count). The standard InChI is InChI=1S/C13H16ClNO3/c1-4-9-6-10(12(14)15-7-9)11(16)8(3)13(17)18-5-2/h6-7,11,16H,3-5H2,1-2H3. The maximum absolute atomic E-state index is 11.5. The minimum Gasteiger partial charge on any atom is -0.463 e. The molecule has 18 heavy (non-hydrogen) atoms. The van der Waals surface area contributed by atoms with Crippen molar-refractivity contribution in [2.75, 3.05) is 6.61 Å². The van der Waals surface area contributed by atoms with E-state index in [4.69, 9.17) is 16.3 Å². The molecule has 1 aromatic heterocycles. The van der Waals surface area contributed by atoms with Crippen LogP contribution >= 0.6 is 11.6 Å². The molecule has 0 aliphatic rings. The van der Waals surface area contributed by atoms with E-state index in [1.54, 1.807) is 19.2 Å². The number of aliphatic hydroxyl groups excluding tert-OH is 1. The quantitative estimate of drug-likeness (QED) is 0.507. The Kier molecular flexibility index (Phi) is 5.31. The summed E-state index contributed by atoms with van der Waals surface area (Å²) in [7, 11) is 0. The molecule has 0 spiro atoms. The van der Waals surface area contributed by atoms with Gasteiger partial charge in [0.1, 0.15) is 11.3 Å². The minimum absolute atomic E-state index is 0.0474. The molecule has 98 valence electrons. The van der Waals surface area contributed by atoms with E-state index >= 15 is 0 Å². The van der Waals surface area contributed by atoms with Crippen molar-refractivity contribution in [3.05, 3.63) is 40.7 Å². The summed E-state index contributed by atoms with van der Waals surface area (Å²) in [5, 5.41) is 10.2. The van der Waals surface area contributed by atoms with Crippen molar-refractivity contribution < 1.29 is 14.6 Å². The number of pyridine rings is 1. The van der Waals surface area contributed by atoms with Gasteiger partial charge >= 0.3 is 5.97 Å². The molecule has 1 heterocycles. The van der Waals surface area contributed by atoms with Gasteiger partial charge < -0.3 is 9.84 Å². The van der Waals surface area contributed by atoms with Gasteiger partial charge in [0.2, 0.25) is 0 Å². The molecule has 4 nitrogen and oxygen atoms in total. The van der Waals surface area contributed by atoms with Crippen molar-refractivity contribution >= 4 is 17.6 Å². The largest absolute Gasteiger partial charge is 0.463 e. The number of carbonyl (C=O) groups is 1. The second-order valence-corrected chi connectivity index (χ2v) is 4.08. The number of hydrogen-bond acceptors (Lipinski definition) is 4. The Labute approximate surface area is 111 Å². The summed E-state index contributed by atoms with van der Waals surface area (Å²) in [6.45, 7) is 7.41. The van der Waals surface area contributed by atoms with Gasteiger partial charge in [0.15, 0.2) is 0 Å². The summed E-state index contributed by atoms with van der Waals surface area (Å²) in [6, 6.07) is 1.71. The molecule has 0 aromatic carbocycles. The number of aryl methyl sites for hydroxylation is 1. The predicted octanol–water partition coefficient (Wildman–Crippen LogP) is 2.45. The first-order chi connectivity index (χ1) is 8.51. The number of hydrogen-bond donors (Lipinski definition) is 1. The second-order valence-electron chi connectivity index (χ2n) is 3.73. The lowest BCUT2D eigenvalue weighted by Gasteiger charge is -2.14. The number of aromatic nitrogens is 1. The fraction of sp³-hybridized carbons (Fsp3) is 0.385. The lowest BCUT2D eigenvalue weighted by Crippen LogP contribution is -2.14. The Bertz CT molecular complexity index is 460. The number of carbonyl (C=O) groups excluding carboxylic acids is 1. The van der Waals surface area contributed by atoms with Crippen LogP contribution in [0.25, 0.3) is 0 Å². The highest BCUT2D eigenvalue weighted by Crippen LogP contribution is 2.27. The summed E-state index contributed by atoms with van der Waals surface area (Å²) >= 11 is 5.91. The van der Waals surface area contributed by atoms with Crippen LogP contribution in [0.2, 0.25) is 5.15 Å². The Morgan fingerprint density at radius 3 is 2.83 bits per heavy atom. The highest BCUT2D eigenvalue weighted by atomic mass is 35.5. The van der Waals surface area contributed by atoms with E-state index in [-0.39, 0.29) is 17.3 Å². The minimum atomic E-state index is -1.20. The molecule has 0 fully saturated rings. The molecule has 1 atom stereocenters. The maximum Gasteiger partial charge on any atom is 0.336 e. The van der Waals surface area contributed by atoms with Crippen LogP contribution < -0.4 is 0 Å². The first-order valence-corrected chi connectivity index (χ1v) is 6.07. The Morgan fingerprint density at radius 2 is 2.28 bits per heavy atom. The summed E-state index contributed by atoms with van der Waals surface area (Å²) in [5.74, 6) is -0.636. The van der Waals surface area contributed by atoms with Gasteiger partial charge in [0.25, 0.3) is 0 Å². The molecule has 1 aromatic rings. The van der Waals surface area contributed by atoms with Gasteiger partial charge in [-0.05, 0) is 25.0 Å². The monoisotopic (exact) mass is 269 g/mol. The lowest BCUT2D eigenvalue weighted by atomic mass is 10.0. The van der Waals surface area contributed by atoms with E-state index in [1.807, 2.05) is 6.92 Å². The van der Waals surface area contributed by atoms with Crippen LogP contribution in [-0.4, -0.2) is 22.7 Å². The van der Waals surface area contributed by atoms with Crippen LogP contribution in [-0.2, 0) is 16.0 Å². The second kappa shape index (κ2) is 6.52. The zero-order valence-electron chi connectivity index (χ0n) is 10.4. The van der Waals surface area contributed by atoms with E-state index in [0.717, 1.165) is 12.0 Å². The summed E-state index contributed by atoms with van der Waals surface area (Å²) < 4.78 is 4.78. The van der Waals surface area contributed by atoms with Gasteiger partial charge in [-0.2, -0.15) is 0 Å². The molecule has 0 saturated heterocycles. The average molecular weight is 270 g/mol. The van der Waals surface area contributed by atoms with Crippen molar-refractivity contribution in [2.24, 2.45) is 0 Å². The van der Waals surface area contributed by atoms with Crippen LogP contribution in [0.15, 0.2) is 24.4 Å². The van der Waals surface area contributed by atoms with Crippen LogP contribution in [0, 0.1) is 0 Å². The zero-order valence-corrected chi connectivity index (χ0v) is 11.2. The van der Waals surface area contributed by atoms with Crippen molar-refractivity contribution in [2.45, 2.75) is 26.4 Å². The van der Waals surface area contributed by atoms with E-state index in [0.29, 0.717) is 5.56 Å². The molecule has 1 N–H and O–H groups in total. The van der Waals surface area contributed by atoms with Crippen molar-refractivity contribution in [1.29, 1.82) is 0 Å². The van der Waals surface area contributed by atoms with Gasteiger partial charge in [0, 0.05) is 11.8 Å². The number of nitrogens with zero attached hydrogens (tertiary/aromatic N) is 1. The highest BCUT2D eigenvalue weighted by molar-refractivity contribution is 6.30. The van der Waals surface area contributed by atoms with E-state index in [1.165, 1.54) is 0 Å².